The molecule has 3 aromatic heterocycles. The number of para-hydroxylation sites is 1. The SMILES string of the molecule is c1ccc(-c2nc(-c3ccc4c(c3)oc3ccccc34)nc(-c3cc4ccccc4c4c3ccc3c5cccc(-c6ccccc6)c5sc34)n2)cc1. The molecular weight excluding hydrogens is 655 g/mol. The lowest BCUT2D eigenvalue weighted by Crippen LogP contribution is -2.00. The number of thiophene rings is 1. The van der Waals surface area contributed by atoms with Gasteiger partial charge in [-0.3, -0.25) is 0 Å². The highest BCUT2D eigenvalue weighted by molar-refractivity contribution is 7.27. The van der Waals surface area contributed by atoms with Gasteiger partial charge in [0.05, 0.1) is 0 Å². The van der Waals surface area contributed by atoms with E-state index in [0.717, 1.165) is 49.4 Å². The van der Waals surface area contributed by atoms with Gasteiger partial charge >= 0.3 is 0 Å². The molecule has 0 fully saturated rings. The molecule has 0 saturated carbocycles. The van der Waals surface area contributed by atoms with Crippen LogP contribution in [0.25, 0.3) is 109 Å². The minimum Gasteiger partial charge on any atom is -0.456 e. The van der Waals surface area contributed by atoms with Gasteiger partial charge < -0.3 is 4.42 Å². The van der Waals surface area contributed by atoms with Crippen LogP contribution in [0.3, 0.4) is 0 Å². The molecule has 0 bridgehead atoms. The number of nitrogens with zero attached hydrogens (tertiary/aromatic N) is 3. The third-order valence-corrected chi connectivity index (χ3v) is 11.4. The third-order valence-electron chi connectivity index (χ3n) is 10.1. The smallest absolute Gasteiger partial charge is 0.164 e. The van der Waals surface area contributed by atoms with Gasteiger partial charge in [0.1, 0.15) is 11.2 Å². The van der Waals surface area contributed by atoms with E-state index in [4.69, 9.17) is 19.4 Å². The van der Waals surface area contributed by atoms with Crippen LogP contribution in [0.5, 0.6) is 0 Å². The van der Waals surface area contributed by atoms with Gasteiger partial charge in [-0.25, -0.2) is 15.0 Å². The van der Waals surface area contributed by atoms with Crippen molar-refractivity contribution in [3.8, 4) is 45.3 Å². The van der Waals surface area contributed by atoms with Crippen LogP contribution in [0.1, 0.15) is 0 Å². The van der Waals surface area contributed by atoms with Crippen LogP contribution in [-0.2, 0) is 0 Å². The van der Waals surface area contributed by atoms with Crippen molar-refractivity contribution in [1.82, 2.24) is 15.0 Å². The highest BCUT2D eigenvalue weighted by Gasteiger charge is 2.20. The fourth-order valence-electron chi connectivity index (χ4n) is 7.67. The van der Waals surface area contributed by atoms with E-state index in [1.54, 1.807) is 0 Å². The molecule has 3 heterocycles. The molecule has 242 valence electrons. The van der Waals surface area contributed by atoms with Crippen LogP contribution in [-0.4, -0.2) is 15.0 Å². The predicted octanol–water partition coefficient (Wildman–Crippen LogP) is 13.1. The summed E-state index contributed by atoms with van der Waals surface area (Å²) in [5, 5.41) is 9.38. The summed E-state index contributed by atoms with van der Waals surface area (Å²) in [6.07, 6.45) is 0. The summed E-state index contributed by atoms with van der Waals surface area (Å²) in [5.41, 5.74) is 6.93. The molecule has 0 amide bonds. The van der Waals surface area contributed by atoms with Gasteiger partial charge in [-0.2, -0.15) is 0 Å². The van der Waals surface area contributed by atoms with Crippen molar-refractivity contribution in [3.05, 3.63) is 164 Å². The van der Waals surface area contributed by atoms with E-state index in [1.165, 1.54) is 42.1 Å². The molecule has 0 aliphatic carbocycles. The summed E-state index contributed by atoms with van der Waals surface area (Å²) in [5.74, 6) is 1.86. The maximum atomic E-state index is 6.28. The minimum absolute atomic E-state index is 0.600. The Morgan fingerprint density at radius 3 is 1.83 bits per heavy atom. The Morgan fingerprint density at radius 1 is 0.365 bits per heavy atom. The number of benzene rings is 8. The van der Waals surface area contributed by atoms with Crippen LogP contribution in [0.2, 0.25) is 0 Å². The molecule has 0 unspecified atom stereocenters. The van der Waals surface area contributed by atoms with Crippen LogP contribution >= 0.6 is 11.3 Å². The molecular formula is C47H27N3OS. The first-order valence-corrected chi connectivity index (χ1v) is 18.2. The Labute approximate surface area is 302 Å². The Morgan fingerprint density at radius 2 is 0.981 bits per heavy atom. The van der Waals surface area contributed by atoms with Crippen LogP contribution in [0.4, 0.5) is 0 Å². The van der Waals surface area contributed by atoms with Crippen molar-refractivity contribution in [3.63, 3.8) is 0 Å². The first-order valence-electron chi connectivity index (χ1n) is 17.4. The van der Waals surface area contributed by atoms with Crippen LogP contribution < -0.4 is 0 Å². The van der Waals surface area contributed by atoms with Gasteiger partial charge in [-0.1, -0.05) is 140 Å². The first-order chi connectivity index (χ1) is 25.8. The van der Waals surface area contributed by atoms with Crippen molar-refractivity contribution in [2.24, 2.45) is 0 Å². The maximum Gasteiger partial charge on any atom is 0.164 e. The Balaban J connectivity index is 1.19. The average molecular weight is 682 g/mol. The number of aromatic nitrogens is 3. The summed E-state index contributed by atoms with van der Waals surface area (Å²) in [7, 11) is 0. The molecule has 0 spiro atoms. The molecule has 0 N–H and O–H groups in total. The molecule has 0 aliphatic rings. The Bertz CT molecular complexity index is 3180. The van der Waals surface area contributed by atoms with Crippen molar-refractivity contribution >= 4 is 75.0 Å². The van der Waals surface area contributed by atoms with E-state index in [0.29, 0.717) is 17.5 Å². The standard InChI is InChI=1S/C47H27N3OS/c1-3-12-28(13-4-1)33-19-11-20-37-38-25-24-36-39(26-30-16-7-8-17-32(30)42(36)44(38)52-43(33)37)47-49-45(29-14-5-2-6-15-29)48-46(50-47)31-22-23-35-34-18-9-10-21-40(34)51-41(35)27-31/h1-27H. The largest absolute Gasteiger partial charge is 0.456 e. The van der Waals surface area contributed by atoms with E-state index in [-0.39, 0.29) is 0 Å². The molecule has 5 heteroatoms. The lowest BCUT2D eigenvalue weighted by molar-refractivity contribution is 0.669. The zero-order chi connectivity index (χ0) is 34.2. The number of hydrogen-bond donors (Lipinski definition) is 0. The zero-order valence-electron chi connectivity index (χ0n) is 27.7. The fraction of sp³-hybridized carbons (Fsp3) is 0. The molecule has 11 aromatic rings. The number of fused-ring (bicyclic) bond motifs is 10. The van der Waals surface area contributed by atoms with E-state index in [2.05, 4.69) is 121 Å². The van der Waals surface area contributed by atoms with E-state index < -0.39 is 0 Å². The number of rotatable bonds is 4. The molecule has 0 radical (unpaired) electrons. The number of hydrogen-bond acceptors (Lipinski definition) is 5. The monoisotopic (exact) mass is 681 g/mol. The highest BCUT2D eigenvalue weighted by atomic mass is 32.1. The second kappa shape index (κ2) is 11.4. The zero-order valence-corrected chi connectivity index (χ0v) is 28.6. The molecule has 4 nitrogen and oxygen atoms in total. The maximum absolute atomic E-state index is 6.28. The second-order valence-electron chi connectivity index (χ2n) is 13.1. The third kappa shape index (κ3) is 4.50. The van der Waals surface area contributed by atoms with E-state index in [1.807, 2.05) is 53.8 Å². The van der Waals surface area contributed by atoms with Crippen molar-refractivity contribution in [1.29, 1.82) is 0 Å². The van der Waals surface area contributed by atoms with Gasteiger partial charge in [-0.15, -0.1) is 11.3 Å². The summed E-state index contributed by atoms with van der Waals surface area (Å²) < 4.78 is 8.84. The predicted molar refractivity (Wildman–Crippen MR) is 217 cm³/mol. The summed E-state index contributed by atoms with van der Waals surface area (Å²) in [6, 6.07) is 57.3. The first kappa shape index (κ1) is 29.1. The molecule has 8 aromatic carbocycles. The Kier molecular flexibility index (Phi) is 6.39. The summed E-state index contributed by atoms with van der Waals surface area (Å²) in [6.45, 7) is 0. The summed E-state index contributed by atoms with van der Waals surface area (Å²) >= 11 is 1.87. The van der Waals surface area contributed by atoms with Crippen LogP contribution in [0, 0.1) is 0 Å². The molecule has 11 rings (SSSR count). The summed E-state index contributed by atoms with van der Waals surface area (Å²) in [4.78, 5) is 15.5. The Hall–Kier alpha value is -6.69. The topological polar surface area (TPSA) is 51.8 Å². The lowest BCUT2D eigenvalue weighted by Gasteiger charge is -2.13. The molecule has 0 atom stereocenters. The highest BCUT2D eigenvalue weighted by Crippen LogP contribution is 2.46. The van der Waals surface area contributed by atoms with E-state index >= 15 is 0 Å². The lowest BCUT2D eigenvalue weighted by atomic mass is 9.94. The minimum atomic E-state index is 0.600. The normalized spacial score (nSPS) is 11.8. The second-order valence-corrected chi connectivity index (χ2v) is 14.2. The van der Waals surface area contributed by atoms with Crippen molar-refractivity contribution in [2.45, 2.75) is 0 Å². The van der Waals surface area contributed by atoms with Crippen molar-refractivity contribution in [2.75, 3.05) is 0 Å². The van der Waals surface area contributed by atoms with Gasteiger partial charge in [0.2, 0.25) is 0 Å². The van der Waals surface area contributed by atoms with Crippen molar-refractivity contribution < 1.29 is 4.42 Å². The number of furan rings is 1. The van der Waals surface area contributed by atoms with Gasteiger partial charge in [-0.05, 0) is 51.6 Å². The molecule has 52 heavy (non-hydrogen) atoms. The van der Waals surface area contributed by atoms with Gasteiger partial charge in [0.15, 0.2) is 17.5 Å². The fourth-order valence-corrected chi connectivity index (χ4v) is 9.07. The van der Waals surface area contributed by atoms with Gasteiger partial charge in [0.25, 0.3) is 0 Å². The van der Waals surface area contributed by atoms with Gasteiger partial charge in [0, 0.05) is 53.0 Å². The molecule has 0 saturated heterocycles. The quantitative estimate of drug-likeness (QED) is 0.174. The van der Waals surface area contributed by atoms with Crippen LogP contribution in [0.15, 0.2) is 168 Å². The van der Waals surface area contributed by atoms with E-state index in [9.17, 15) is 0 Å². The molecule has 0 aliphatic heterocycles. The average Bonchev–Trinajstić information content (AvgIpc) is 3.79.